The van der Waals surface area contributed by atoms with E-state index in [1.54, 1.807) is 0 Å². The van der Waals surface area contributed by atoms with Crippen LogP contribution in [-0.2, 0) is 17.8 Å². The highest BCUT2D eigenvalue weighted by atomic mass is 32.2. The molecule has 5 rings (SSSR count). The molecule has 33 heavy (non-hydrogen) atoms. The van der Waals surface area contributed by atoms with E-state index < -0.39 is 0 Å². The fourth-order valence-electron chi connectivity index (χ4n) is 4.07. The molecule has 2 heterocycles. The Hall–Kier alpha value is -3.57. The SMILES string of the molecule is CCc1ccc(N=C2NC(=O)/C(=C/c3cn(Cc4cccc(C)c4)c4ccccc34)S2)cc1. The summed E-state index contributed by atoms with van der Waals surface area (Å²) < 4.78 is 2.25. The maximum atomic E-state index is 12.7. The van der Waals surface area contributed by atoms with Gasteiger partial charge in [-0.3, -0.25) is 4.79 Å². The van der Waals surface area contributed by atoms with Gasteiger partial charge in [0, 0.05) is 29.2 Å². The van der Waals surface area contributed by atoms with E-state index in [0.29, 0.717) is 10.1 Å². The van der Waals surface area contributed by atoms with Crippen LogP contribution in [0, 0.1) is 6.92 Å². The quantitative estimate of drug-likeness (QED) is 0.354. The van der Waals surface area contributed by atoms with Crippen molar-refractivity contribution in [3.63, 3.8) is 0 Å². The standard InChI is InChI=1S/C28H25N3OS/c1-3-20-11-13-23(14-12-20)29-28-30-27(32)26(33-28)16-22-18-31(25-10-5-4-9-24(22)25)17-21-8-6-7-19(2)15-21/h4-16,18H,3,17H2,1-2H3,(H,29,30,32)/b26-16-. The van der Waals surface area contributed by atoms with Gasteiger partial charge in [-0.25, -0.2) is 4.99 Å². The third kappa shape index (κ3) is 4.64. The van der Waals surface area contributed by atoms with E-state index >= 15 is 0 Å². The molecule has 0 saturated carbocycles. The number of amidine groups is 1. The summed E-state index contributed by atoms with van der Waals surface area (Å²) in [5, 5.41) is 4.64. The van der Waals surface area contributed by atoms with E-state index in [-0.39, 0.29) is 5.91 Å². The van der Waals surface area contributed by atoms with Crippen molar-refractivity contribution < 1.29 is 4.79 Å². The van der Waals surface area contributed by atoms with Gasteiger partial charge < -0.3 is 9.88 Å². The summed E-state index contributed by atoms with van der Waals surface area (Å²) in [6.45, 7) is 5.02. The number of aryl methyl sites for hydroxylation is 2. The zero-order valence-electron chi connectivity index (χ0n) is 18.7. The molecular weight excluding hydrogens is 426 g/mol. The smallest absolute Gasteiger partial charge is 0.264 e. The van der Waals surface area contributed by atoms with E-state index in [2.05, 4.69) is 89.5 Å². The van der Waals surface area contributed by atoms with Crippen LogP contribution in [0.2, 0.25) is 0 Å². The average Bonchev–Trinajstić information content (AvgIpc) is 3.34. The predicted octanol–water partition coefficient (Wildman–Crippen LogP) is 6.45. The molecule has 1 amide bonds. The van der Waals surface area contributed by atoms with Gasteiger partial charge in [0.15, 0.2) is 5.17 Å². The number of nitrogens with zero attached hydrogens (tertiary/aromatic N) is 2. The molecule has 1 aliphatic rings. The van der Waals surface area contributed by atoms with Crippen LogP contribution >= 0.6 is 11.8 Å². The van der Waals surface area contributed by atoms with Gasteiger partial charge in [0.1, 0.15) is 0 Å². The molecule has 1 N–H and O–H groups in total. The van der Waals surface area contributed by atoms with Crippen molar-refractivity contribution in [2.75, 3.05) is 0 Å². The first kappa shape index (κ1) is 21.3. The van der Waals surface area contributed by atoms with E-state index in [1.807, 2.05) is 24.3 Å². The third-order valence-corrected chi connectivity index (χ3v) is 6.68. The van der Waals surface area contributed by atoms with Crippen molar-refractivity contribution >= 4 is 45.5 Å². The van der Waals surface area contributed by atoms with Gasteiger partial charge in [-0.05, 0) is 60.5 Å². The Kier molecular flexibility index (Phi) is 5.88. The molecule has 0 bridgehead atoms. The fraction of sp³-hybridized carbons (Fsp3) is 0.143. The second-order valence-corrected chi connectivity index (χ2v) is 9.25. The minimum Gasteiger partial charge on any atom is -0.342 e. The molecule has 0 aliphatic carbocycles. The fourth-order valence-corrected chi connectivity index (χ4v) is 4.91. The molecule has 0 unspecified atom stereocenters. The lowest BCUT2D eigenvalue weighted by molar-refractivity contribution is -0.115. The molecule has 0 radical (unpaired) electrons. The van der Waals surface area contributed by atoms with Crippen molar-refractivity contribution in [3.8, 4) is 0 Å². The van der Waals surface area contributed by atoms with Gasteiger partial charge in [0.25, 0.3) is 5.91 Å². The van der Waals surface area contributed by atoms with Crippen molar-refractivity contribution in [2.45, 2.75) is 26.8 Å². The number of aliphatic imine (C=N–C) groups is 1. The summed E-state index contributed by atoms with van der Waals surface area (Å²) in [6.07, 6.45) is 5.09. The predicted molar refractivity (Wildman–Crippen MR) is 139 cm³/mol. The Morgan fingerprint density at radius 3 is 2.61 bits per heavy atom. The molecular formula is C28H25N3OS. The Morgan fingerprint density at radius 1 is 1.00 bits per heavy atom. The van der Waals surface area contributed by atoms with Crippen LogP contribution in [0.4, 0.5) is 5.69 Å². The molecule has 1 saturated heterocycles. The molecule has 0 atom stereocenters. The van der Waals surface area contributed by atoms with Gasteiger partial charge in [0.2, 0.25) is 0 Å². The summed E-state index contributed by atoms with van der Waals surface area (Å²) in [4.78, 5) is 17.9. The van der Waals surface area contributed by atoms with Crippen LogP contribution in [0.1, 0.15) is 29.2 Å². The molecule has 1 aliphatic heterocycles. The van der Waals surface area contributed by atoms with Crippen LogP contribution in [0.15, 0.2) is 88.9 Å². The highest BCUT2D eigenvalue weighted by Crippen LogP contribution is 2.31. The van der Waals surface area contributed by atoms with Crippen LogP contribution in [0.3, 0.4) is 0 Å². The minimum atomic E-state index is -0.112. The molecule has 4 aromatic rings. The Morgan fingerprint density at radius 2 is 1.82 bits per heavy atom. The lowest BCUT2D eigenvalue weighted by Gasteiger charge is -2.06. The lowest BCUT2D eigenvalue weighted by Crippen LogP contribution is -2.19. The molecule has 4 nitrogen and oxygen atoms in total. The third-order valence-electron chi connectivity index (χ3n) is 5.77. The molecule has 164 valence electrons. The van der Waals surface area contributed by atoms with Crippen molar-refractivity contribution in [2.24, 2.45) is 4.99 Å². The number of para-hydroxylation sites is 1. The zero-order valence-corrected chi connectivity index (χ0v) is 19.5. The van der Waals surface area contributed by atoms with Gasteiger partial charge >= 0.3 is 0 Å². The zero-order chi connectivity index (χ0) is 22.8. The Labute approximate surface area is 198 Å². The summed E-state index contributed by atoms with van der Waals surface area (Å²) in [6, 6.07) is 25.0. The first-order valence-electron chi connectivity index (χ1n) is 11.1. The van der Waals surface area contributed by atoms with Gasteiger partial charge in [0.05, 0.1) is 10.6 Å². The van der Waals surface area contributed by atoms with Gasteiger partial charge in [-0.15, -0.1) is 0 Å². The summed E-state index contributed by atoms with van der Waals surface area (Å²) in [5.41, 5.74) is 6.80. The normalized spacial score (nSPS) is 16.1. The van der Waals surface area contributed by atoms with Crippen LogP contribution in [0.25, 0.3) is 17.0 Å². The highest BCUT2D eigenvalue weighted by molar-refractivity contribution is 8.18. The number of thioether (sulfide) groups is 1. The van der Waals surface area contributed by atoms with Gasteiger partial charge in [-0.1, -0.05) is 67.1 Å². The van der Waals surface area contributed by atoms with Crippen molar-refractivity contribution in [3.05, 3.63) is 106 Å². The monoisotopic (exact) mass is 451 g/mol. The number of hydrogen-bond acceptors (Lipinski definition) is 3. The number of amides is 1. The van der Waals surface area contributed by atoms with Crippen molar-refractivity contribution in [1.82, 2.24) is 9.88 Å². The number of benzene rings is 3. The van der Waals surface area contributed by atoms with E-state index in [9.17, 15) is 4.79 Å². The highest BCUT2D eigenvalue weighted by Gasteiger charge is 2.24. The minimum absolute atomic E-state index is 0.112. The topological polar surface area (TPSA) is 46.4 Å². The molecule has 1 fully saturated rings. The number of hydrogen-bond donors (Lipinski definition) is 1. The van der Waals surface area contributed by atoms with E-state index in [0.717, 1.165) is 35.1 Å². The molecule has 3 aromatic carbocycles. The molecule has 0 spiro atoms. The van der Waals surface area contributed by atoms with Crippen molar-refractivity contribution in [1.29, 1.82) is 0 Å². The summed E-state index contributed by atoms with van der Waals surface area (Å²) >= 11 is 1.38. The molecule has 5 heteroatoms. The average molecular weight is 452 g/mol. The lowest BCUT2D eigenvalue weighted by atomic mass is 10.1. The number of fused-ring (bicyclic) bond motifs is 1. The summed E-state index contributed by atoms with van der Waals surface area (Å²) in [7, 11) is 0. The maximum Gasteiger partial charge on any atom is 0.264 e. The van der Waals surface area contributed by atoms with Crippen LogP contribution < -0.4 is 5.32 Å². The second-order valence-electron chi connectivity index (χ2n) is 8.22. The number of nitrogens with one attached hydrogen (secondary N) is 1. The van der Waals surface area contributed by atoms with Gasteiger partial charge in [-0.2, -0.15) is 0 Å². The molecule has 1 aromatic heterocycles. The maximum absolute atomic E-state index is 12.7. The first-order chi connectivity index (χ1) is 16.1. The Balaban J connectivity index is 1.45. The Bertz CT molecular complexity index is 1400. The van der Waals surface area contributed by atoms with E-state index in [4.69, 9.17) is 0 Å². The number of carbonyl (C=O) groups is 1. The number of rotatable bonds is 5. The van der Waals surface area contributed by atoms with E-state index in [1.165, 1.54) is 28.5 Å². The van der Waals surface area contributed by atoms with Crippen LogP contribution in [0.5, 0.6) is 0 Å². The largest absolute Gasteiger partial charge is 0.342 e. The second kappa shape index (κ2) is 9.12. The summed E-state index contributed by atoms with van der Waals surface area (Å²) in [5.74, 6) is -0.112. The first-order valence-corrected chi connectivity index (χ1v) is 11.9. The number of aromatic nitrogens is 1. The number of carbonyl (C=O) groups excluding carboxylic acids is 1. The van der Waals surface area contributed by atoms with Crippen LogP contribution in [-0.4, -0.2) is 15.6 Å².